The zero-order chi connectivity index (χ0) is 22.8. The number of nitrogens with one attached hydrogen (secondary N) is 2. The average Bonchev–Trinajstić information content (AvgIpc) is 2.82. The smallest absolute Gasteiger partial charge is 0.276 e. The van der Waals surface area contributed by atoms with Crippen molar-refractivity contribution < 1.29 is 23.8 Å². The van der Waals surface area contributed by atoms with Crippen LogP contribution >= 0.6 is 0 Å². The zero-order valence-electron chi connectivity index (χ0n) is 18.1. The lowest BCUT2D eigenvalue weighted by Crippen LogP contribution is -2.43. The van der Waals surface area contributed by atoms with Gasteiger partial charge in [-0.25, -0.2) is 0 Å². The predicted octanol–water partition coefficient (Wildman–Crippen LogP) is 3.60. The van der Waals surface area contributed by atoms with E-state index in [0.29, 0.717) is 30.3 Å². The molecule has 166 valence electrons. The molecule has 3 aromatic carbocycles. The van der Waals surface area contributed by atoms with Crippen molar-refractivity contribution in [3.63, 3.8) is 0 Å². The van der Waals surface area contributed by atoms with Gasteiger partial charge in [-0.1, -0.05) is 36.4 Å². The van der Waals surface area contributed by atoms with Gasteiger partial charge < -0.3 is 14.2 Å². The summed E-state index contributed by atoms with van der Waals surface area (Å²) in [6, 6.07) is 21.7. The summed E-state index contributed by atoms with van der Waals surface area (Å²) >= 11 is 0. The minimum Gasteiger partial charge on any atom is -0.490 e. The molecule has 7 nitrogen and oxygen atoms in total. The standard InChI is InChI=1S/C25H26N2O5/c1-18-8-6-13-23(19(18)2)32-17-24(28)26-27-25(29)20-9-7-12-22(16-20)31-15-14-30-21-10-4-3-5-11-21/h3-13,16H,14-15,17H2,1-2H3,(H,26,28)(H,27,29). The number of carbonyl (C=O) groups excluding carboxylic acids is 2. The van der Waals surface area contributed by atoms with Crippen molar-refractivity contribution in [2.24, 2.45) is 0 Å². The van der Waals surface area contributed by atoms with Gasteiger partial charge in [-0.05, 0) is 61.4 Å². The van der Waals surface area contributed by atoms with Gasteiger partial charge in [0.05, 0.1) is 0 Å². The van der Waals surface area contributed by atoms with E-state index in [1.165, 1.54) is 0 Å². The highest BCUT2D eigenvalue weighted by Crippen LogP contribution is 2.20. The molecule has 0 aromatic heterocycles. The van der Waals surface area contributed by atoms with Gasteiger partial charge in [0, 0.05) is 5.56 Å². The number of aryl methyl sites for hydroxylation is 1. The monoisotopic (exact) mass is 434 g/mol. The number of benzene rings is 3. The van der Waals surface area contributed by atoms with Gasteiger partial charge in [0.15, 0.2) is 6.61 Å². The minimum atomic E-state index is -0.468. The van der Waals surface area contributed by atoms with Crippen LogP contribution in [0.4, 0.5) is 0 Å². The van der Waals surface area contributed by atoms with Crippen LogP contribution in [0.25, 0.3) is 0 Å². The maximum atomic E-state index is 12.3. The van der Waals surface area contributed by atoms with Crippen LogP contribution in [0.1, 0.15) is 21.5 Å². The lowest BCUT2D eigenvalue weighted by Gasteiger charge is -2.12. The summed E-state index contributed by atoms with van der Waals surface area (Å²) in [5, 5.41) is 0. The molecule has 2 amide bonds. The summed E-state index contributed by atoms with van der Waals surface area (Å²) in [6.07, 6.45) is 0. The summed E-state index contributed by atoms with van der Waals surface area (Å²) in [7, 11) is 0. The zero-order valence-corrected chi connectivity index (χ0v) is 18.1. The van der Waals surface area contributed by atoms with Crippen molar-refractivity contribution in [2.75, 3.05) is 19.8 Å². The molecule has 0 unspecified atom stereocenters. The van der Waals surface area contributed by atoms with Crippen molar-refractivity contribution >= 4 is 11.8 Å². The number of rotatable bonds is 9. The van der Waals surface area contributed by atoms with Gasteiger partial charge in [-0.2, -0.15) is 0 Å². The van der Waals surface area contributed by atoms with E-state index in [9.17, 15) is 9.59 Å². The number of hydrogen-bond acceptors (Lipinski definition) is 5. The fourth-order valence-corrected chi connectivity index (χ4v) is 2.82. The molecule has 7 heteroatoms. The Labute approximate surface area is 187 Å². The Morgan fingerprint density at radius 3 is 2.22 bits per heavy atom. The third-order valence-corrected chi connectivity index (χ3v) is 4.69. The number of carbonyl (C=O) groups is 2. The lowest BCUT2D eigenvalue weighted by molar-refractivity contribution is -0.123. The molecule has 0 heterocycles. The van der Waals surface area contributed by atoms with Crippen LogP contribution in [0.2, 0.25) is 0 Å². The Morgan fingerprint density at radius 1 is 0.750 bits per heavy atom. The van der Waals surface area contributed by atoms with Crippen LogP contribution in [0, 0.1) is 13.8 Å². The maximum Gasteiger partial charge on any atom is 0.276 e. The Hall–Kier alpha value is -4.00. The van der Waals surface area contributed by atoms with Gasteiger partial charge in [0.2, 0.25) is 0 Å². The Balaban J connectivity index is 1.41. The maximum absolute atomic E-state index is 12.3. The molecule has 0 saturated carbocycles. The van der Waals surface area contributed by atoms with Crippen LogP contribution < -0.4 is 25.1 Å². The van der Waals surface area contributed by atoms with Gasteiger partial charge in [0.25, 0.3) is 11.8 Å². The molecule has 0 fully saturated rings. The van der Waals surface area contributed by atoms with Crippen molar-refractivity contribution in [2.45, 2.75) is 13.8 Å². The molecule has 0 radical (unpaired) electrons. The molecule has 0 aliphatic carbocycles. The van der Waals surface area contributed by atoms with Gasteiger partial charge in [0.1, 0.15) is 30.5 Å². The van der Waals surface area contributed by atoms with E-state index in [0.717, 1.165) is 16.9 Å². The summed E-state index contributed by atoms with van der Waals surface area (Å²) in [6.45, 7) is 4.38. The number of para-hydroxylation sites is 1. The van der Waals surface area contributed by atoms with Gasteiger partial charge in [-0.3, -0.25) is 20.4 Å². The molecule has 0 aliphatic heterocycles. The lowest BCUT2D eigenvalue weighted by atomic mass is 10.1. The first kappa shape index (κ1) is 22.7. The van der Waals surface area contributed by atoms with Gasteiger partial charge in [-0.15, -0.1) is 0 Å². The number of amides is 2. The molecule has 32 heavy (non-hydrogen) atoms. The number of hydrogen-bond donors (Lipinski definition) is 2. The predicted molar refractivity (Wildman–Crippen MR) is 121 cm³/mol. The van der Waals surface area contributed by atoms with Crippen molar-refractivity contribution in [1.29, 1.82) is 0 Å². The fraction of sp³-hybridized carbons (Fsp3) is 0.200. The number of hydrazine groups is 1. The van der Waals surface area contributed by atoms with E-state index in [1.807, 2.05) is 56.3 Å². The molecule has 0 spiro atoms. The molecule has 0 bridgehead atoms. The topological polar surface area (TPSA) is 85.9 Å². The fourth-order valence-electron chi connectivity index (χ4n) is 2.82. The Morgan fingerprint density at radius 2 is 1.44 bits per heavy atom. The second-order valence-corrected chi connectivity index (χ2v) is 7.03. The molecule has 0 saturated heterocycles. The number of ether oxygens (including phenoxy) is 3. The van der Waals surface area contributed by atoms with Crippen molar-refractivity contribution in [3.8, 4) is 17.2 Å². The minimum absolute atomic E-state index is 0.213. The second kappa shape index (κ2) is 11.4. The SMILES string of the molecule is Cc1cccc(OCC(=O)NNC(=O)c2cccc(OCCOc3ccccc3)c2)c1C. The molecule has 3 aromatic rings. The highest BCUT2D eigenvalue weighted by molar-refractivity contribution is 5.95. The van der Waals surface area contributed by atoms with Crippen LogP contribution in [-0.4, -0.2) is 31.6 Å². The van der Waals surface area contributed by atoms with Crippen molar-refractivity contribution in [1.82, 2.24) is 10.9 Å². The van der Waals surface area contributed by atoms with Crippen molar-refractivity contribution in [3.05, 3.63) is 89.5 Å². The highest BCUT2D eigenvalue weighted by atomic mass is 16.5. The average molecular weight is 434 g/mol. The first-order valence-corrected chi connectivity index (χ1v) is 10.2. The third-order valence-electron chi connectivity index (χ3n) is 4.69. The normalized spacial score (nSPS) is 10.2. The summed E-state index contributed by atoms with van der Waals surface area (Å²) < 4.78 is 16.7. The summed E-state index contributed by atoms with van der Waals surface area (Å²) in [5.41, 5.74) is 7.12. The highest BCUT2D eigenvalue weighted by Gasteiger charge is 2.10. The van der Waals surface area contributed by atoms with E-state index in [-0.39, 0.29) is 6.61 Å². The van der Waals surface area contributed by atoms with Gasteiger partial charge >= 0.3 is 0 Å². The first-order chi connectivity index (χ1) is 15.5. The van der Waals surface area contributed by atoms with Crippen LogP contribution in [-0.2, 0) is 4.79 Å². The van der Waals surface area contributed by atoms with E-state index >= 15 is 0 Å². The molecular weight excluding hydrogens is 408 g/mol. The summed E-state index contributed by atoms with van der Waals surface area (Å²) in [4.78, 5) is 24.4. The second-order valence-electron chi connectivity index (χ2n) is 7.03. The quantitative estimate of drug-likeness (QED) is 0.397. The molecule has 0 atom stereocenters. The van der Waals surface area contributed by atoms with Crippen LogP contribution in [0.3, 0.4) is 0 Å². The van der Waals surface area contributed by atoms with Crippen LogP contribution in [0.5, 0.6) is 17.2 Å². The van der Waals surface area contributed by atoms with E-state index in [4.69, 9.17) is 14.2 Å². The Bertz CT molecular complexity index is 1050. The van der Waals surface area contributed by atoms with E-state index < -0.39 is 11.8 Å². The molecule has 3 rings (SSSR count). The molecule has 0 aliphatic rings. The van der Waals surface area contributed by atoms with Crippen LogP contribution in [0.15, 0.2) is 72.8 Å². The first-order valence-electron chi connectivity index (χ1n) is 10.2. The largest absolute Gasteiger partial charge is 0.490 e. The molecular formula is C25H26N2O5. The third kappa shape index (κ3) is 6.77. The van der Waals surface area contributed by atoms with E-state index in [1.54, 1.807) is 30.3 Å². The summed E-state index contributed by atoms with van der Waals surface area (Å²) in [5.74, 6) is 0.994. The Kier molecular flexibility index (Phi) is 8.09. The molecule has 2 N–H and O–H groups in total. The van der Waals surface area contributed by atoms with E-state index in [2.05, 4.69) is 10.9 Å².